The van der Waals surface area contributed by atoms with Gasteiger partial charge in [0.05, 0.1) is 5.92 Å². The van der Waals surface area contributed by atoms with Crippen molar-refractivity contribution in [2.45, 2.75) is 63.6 Å². The molecule has 0 radical (unpaired) electrons. The maximum atomic E-state index is 12.7. The summed E-state index contributed by atoms with van der Waals surface area (Å²) in [6, 6.07) is 2.05. The molecule has 1 aliphatic heterocycles. The molecule has 2 heterocycles. The van der Waals surface area contributed by atoms with Crippen LogP contribution in [-0.2, 0) is 27.1 Å². The van der Waals surface area contributed by atoms with Gasteiger partial charge in [0.2, 0.25) is 0 Å². The molecule has 1 aromatic heterocycles. The van der Waals surface area contributed by atoms with E-state index in [1.165, 1.54) is 36.1 Å². The van der Waals surface area contributed by atoms with Crippen molar-refractivity contribution in [1.82, 2.24) is 0 Å². The largest absolute Gasteiger partial charge is 0.458 e. The molecule has 24 heavy (non-hydrogen) atoms. The first-order valence-electron chi connectivity index (χ1n) is 9.24. The van der Waals surface area contributed by atoms with Crippen molar-refractivity contribution in [3.05, 3.63) is 21.4 Å². The molecule has 0 unspecified atom stereocenters. The van der Waals surface area contributed by atoms with Gasteiger partial charge in [0, 0.05) is 16.7 Å². The second-order valence-corrected chi connectivity index (χ2v) is 8.88. The predicted octanol–water partition coefficient (Wildman–Crippen LogP) is 3.51. The van der Waals surface area contributed by atoms with E-state index in [4.69, 9.17) is 9.47 Å². The van der Waals surface area contributed by atoms with Crippen LogP contribution in [0.15, 0.2) is 6.07 Å². The fourth-order valence-electron chi connectivity index (χ4n) is 5.19. The van der Waals surface area contributed by atoms with E-state index in [2.05, 4.69) is 0 Å². The Labute approximate surface area is 145 Å². The van der Waals surface area contributed by atoms with Gasteiger partial charge in [-0.3, -0.25) is 4.79 Å². The molecule has 2 saturated carbocycles. The standard InChI is InChI=1S/C19H22O4S/c20-18-13-8-11-7-12(13)17(23-18)16(11)22-19(21)15-9-10-5-3-1-2-4-6-14(10)24-15/h9,11-13,16-17H,1-8H2/t11-,12+,13+,16-,17-/m1/s1. The first-order valence-corrected chi connectivity index (χ1v) is 10.1. The van der Waals surface area contributed by atoms with Gasteiger partial charge < -0.3 is 9.47 Å². The van der Waals surface area contributed by atoms with Crippen LogP contribution >= 0.6 is 11.3 Å². The number of rotatable bonds is 2. The molecule has 3 fully saturated rings. The van der Waals surface area contributed by atoms with E-state index in [0.717, 1.165) is 30.6 Å². The second-order valence-electron chi connectivity index (χ2n) is 7.75. The van der Waals surface area contributed by atoms with Crippen molar-refractivity contribution in [3.63, 3.8) is 0 Å². The number of ether oxygens (including phenoxy) is 2. The predicted molar refractivity (Wildman–Crippen MR) is 89.0 cm³/mol. The molecule has 4 nitrogen and oxygen atoms in total. The minimum atomic E-state index is -0.227. The number of esters is 2. The van der Waals surface area contributed by atoms with E-state index in [1.54, 1.807) is 11.3 Å². The van der Waals surface area contributed by atoms with E-state index in [9.17, 15) is 9.59 Å². The average molecular weight is 346 g/mol. The summed E-state index contributed by atoms with van der Waals surface area (Å²) in [7, 11) is 0. The van der Waals surface area contributed by atoms with Gasteiger partial charge >= 0.3 is 11.9 Å². The number of thiophene rings is 1. The molecule has 2 bridgehead atoms. The van der Waals surface area contributed by atoms with Gasteiger partial charge in [0.1, 0.15) is 17.1 Å². The molecule has 3 aliphatic carbocycles. The van der Waals surface area contributed by atoms with Crippen LogP contribution in [0.5, 0.6) is 0 Å². The number of hydrogen-bond donors (Lipinski definition) is 0. The molecule has 5 rings (SSSR count). The second kappa shape index (κ2) is 5.58. The van der Waals surface area contributed by atoms with Crippen molar-refractivity contribution < 1.29 is 19.1 Å². The first-order chi connectivity index (χ1) is 11.7. The van der Waals surface area contributed by atoms with Crippen LogP contribution in [0.4, 0.5) is 0 Å². The van der Waals surface area contributed by atoms with Crippen LogP contribution in [0.25, 0.3) is 0 Å². The van der Waals surface area contributed by atoms with Crippen molar-refractivity contribution in [2.75, 3.05) is 0 Å². The summed E-state index contributed by atoms with van der Waals surface area (Å²) >= 11 is 1.61. The summed E-state index contributed by atoms with van der Waals surface area (Å²) < 4.78 is 11.3. The monoisotopic (exact) mass is 346 g/mol. The highest BCUT2D eigenvalue weighted by atomic mass is 32.1. The topological polar surface area (TPSA) is 52.6 Å². The zero-order valence-electron chi connectivity index (χ0n) is 13.7. The van der Waals surface area contributed by atoms with Gasteiger partial charge in [0.25, 0.3) is 0 Å². The van der Waals surface area contributed by atoms with E-state index in [1.807, 2.05) is 6.07 Å². The Kier molecular flexibility index (Phi) is 3.47. The first kappa shape index (κ1) is 14.9. The Balaban J connectivity index is 1.33. The van der Waals surface area contributed by atoms with Crippen LogP contribution in [0, 0.1) is 17.8 Å². The minimum absolute atomic E-state index is 0.0662. The van der Waals surface area contributed by atoms with Crippen LogP contribution in [0.2, 0.25) is 0 Å². The fourth-order valence-corrected chi connectivity index (χ4v) is 6.33. The Bertz CT molecular complexity index is 668. The third kappa shape index (κ3) is 2.24. The molecule has 0 aromatic carbocycles. The number of carbonyl (C=O) groups is 2. The number of hydrogen-bond acceptors (Lipinski definition) is 5. The van der Waals surface area contributed by atoms with E-state index in [-0.39, 0.29) is 36.0 Å². The SMILES string of the molecule is O=C(O[C@@H]1[C@@H]2C[C@@H]3[C@H]1OC(=O)[C@H]3C2)c1cc2c(s1)CCCCCC2. The summed E-state index contributed by atoms with van der Waals surface area (Å²) in [5, 5.41) is 0. The summed E-state index contributed by atoms with van der Waals surface area (Å²) in [5.74, 6) is 0.357. The maximum Gasteiger partial charge on any atom is 0.348 e. The summed E-state index contributed by atoms with van der Waals surface area (Å²) in [6.45, 7) is 0. The molecule has 1 aromatic rings. The fraction of sp³-hybridized carbons (Fsp3) is 0.684. The molecular formula is C19H22O4S. The molecule has 1 saturated heterocycles. The normalized spacial score (nSPS) is 36.8. The van der Waals surface area contributed by atoms with Crippen LogP contribution in [0.1, 0.15) is 58.6 Å². The molecule has 0 spiro atoms. The van der Waals surface area contributed by atoms with Gasteiger partial charge in [-0.25, -0.2) is 4.79 Å². The molecule has 0 N–H and O–H groups in total. The van der Waals surface area contributed by atoms with Gasteiger partial charge in [-0.1, -0.05) is 12.8 Å². The molecular weight excluding hydrogens is 324 g/mol. The number of fused-ring (bicyclic) bond motifs is 2. The van der Waals surface area contributed by atoms with Crippen molar-refractivity contribution >= 4 is 23.3 Å². The lowest BCUT2D eigenvalue weighted by Crippen LogP contribution is -2.35. The number of aryl methyl sites for hydroxylation is 2. The number of carbonyl (C=O) groups excluding carboxylic acids is 2. The highest BCUT2D eigenvalue weighted by molar-refractivity contribution is 7.14. The Morgan fingerprint density at radius 3 is 2.88 bits per heavy atom. The van der Waals surface area contributed by atoms with Crippen molar-refractivity contribution in [3.8, 4) is 0 Å². The van der Waals surface area contributed by atoms with Crippen LogP contribution in [-0.4, -0.2) is 24.1 Å². The highest BCUT2D eigenvalue weighted by Gasteiger charge is 2.63. The molecule has 5 heteroatoms. The quantitative estimate of drug-likeness (QED) is 0.769. The third-order valence-corrected chi connectivity index (χ3v) is 7.57. The third-order valence-electron chi connectivity index (χ3n) is 6.35. The Morgan fingerprint density at radius 2 is 2.00 bits per heavy atom. The van der Waals surface area contributed by atoms with Crippen LogP contribution in [0.3, 0.4) is 0 Å². The molecule has 0 amide bonds. The zero-order valence-corrected chi connectivity index (χ0v) is 14.5. The van der Waals surface area contributed by atoms with Gasteiger partial charge in [0.15, 0.2) is 0 Å². The Morgan fingerprint density at radius 1 is 1.17 bits per heavy atom. The lowest BCUT2D eigenvalue weighted by atomic mass is 9.88. The molecule has 4 aliphatic rings. The molecule has 5 atom stereocenters. The van der Waals surface area contributed by atoms with Crippen LogP contribution < -0.4 is 0 Å². The van der Waals surface area contributed by atoms with E-state index < -0.39 is 0 Å². The van der Waals surface area contributed by atoms with Gasteiger partial charge in [-0.05, 0) is 50.2 Å². The maximum absolute atomic E-state index is 12.7. The Hall–Kier alpha value is -1.36. The van der Waals surface area contributed by atoms with Crippen molar-refractivity contribution in [1.29, 1.82) is 0 Å². The summed E-state index contributed by atoms with van der Waals surface area (Å²) in [6.07, 6.45) is 8.56. The van der Waals surface area contributed by atoms with Gasteiger partial charge in [-0.15, -0.1) is 11.3 Å². The van der Waals surface area contributed by atoms with E-state index in [0.29, 0.717) is 5.92 Å². The summed E-state index contributed by atoms with van der Waals surface area (Å²) in [4.78, 5) is 26.6. The minimum Gasteiger partial charge on any atom is -0.458 e. The summed E-state index contributed by atoms with van der Waals surface area (Å²) in [5.41, 5.74) is 1.34. The highest BCUT2D eigenvalue weighted by Crippen LogP contribution is 2.55. The molecule has 128 valence electrons. The zero-order chi connectivity index (χ0) is 16.3. The average Bonchev–Trinajstić information content (AvgIpc) is 3.24. The lowest BCUT2D eigenvalue weighted by Gasteiger charge is -2.24. The van der Waals surface area contributed by atoms with Gasteiger partial charge in [-0.2, -0.15) is 0 Å². The van der Waals surface area contributed by atoms with E-state index >= 15 is 0 Å². The smallest absolute Gasteiger partial charge is 0.348 e. The lowest BCUT2D eigenvalue weighted by molar-refractivity contribution is -0.146. The van der Waals surface area contributed by atoms with Crippen molar-refractivity contribution in [2.24, 2.45) is 17.8 Å².